The van der Waals surface area contributed by atoms with E-state index in [2.05, 4.69) is 15.8 Å². The number of hydrogen-bond donors (Lipinski definition) is 2. The summed E-state index contributed by atoms with van der Waals surface area (Å²) in [5.74, 6) is 0.811. The Labute approximate surface area is 101 Å². The number of hydrogen-bond acceptors (Lipinski definition) is 3. The van der Waals surface area contributed by atoms with E-state index < -0.39 is 0 Å². The Morgan fingerprint density at radius 2 is 2.25 bits per heavy atom. The SMILES string of the molecule is CCOc1ccccc1C=NNC(=S)NC. The maximum Gasteiger partial charge on any atom is 0.186 e. The summed E-state index contributed by atoms with van der Waals surface area (Å²) in [6, 6.07) is 7.69. The van der Waals surface area contributed by atoms with Crippen molar-refractivity contribution in [3.8, 4) is 5.75 Å². The molecule has 0 saturated heterocycles. The molecular weight excluding hydrogens is 222 g/mol. The summed E-state index contributed by atoms with van der Waals surface area (Å²) in [5.41, 5.74) is 3.60. The molecule has 0 spiro atoms. The van der Waals surface area contributed by atoms with Gasteiger partial charge in [0.1, 0.15) is 5.75 Å². The van der Waals surface area contributed by atoms with Gasteiger partial charge in [-0.2, -0.15) is 5.10 Å². The van der Waals surface area contributed by atoms with Gasteiger partial charge in [-0.3, -0.25) is 5.43 Å². The molecule has 0 aliphatic rings. The third-order valence-electron chi connectivity index (χ3n) is 1.82. The maximum atomic E-state index is 5.45. The van der Waals surface area contributed by atoms with E-state index in [4.69, 9.17) is 17.0 Å². The van der Waals surface area contributed by atoms with E-state index in [1.807, 2.05) is 31.2 Å². The van der Waals surface area contributed by atoms with Gasteiger partial charge in [0.15, 0.2) is 5.11 Å². The van der Waals surface area contributed by atoms with Gasteiger partial charge >= 0.3 is 0 Å². The number of nitrogens with one attached hydrogen (secondary N) is 2. The molecule has 0 aliphatic heterocycles. The summed E-state index contributed by atoms with van der Waals surface area (Å²) in [6.45, 7) is 2.58. The first-order valence-corrected chi connectivity index (χ1v) is 5.41. The summed E-state index contributed by atoms with van der Waals surface area (Å²) < 4.78 is 5.45. The zero-order valence-electron chi connectivity index (χ0n) is 9.36. The van der Waals surface area contributed by atoms with Crippen LogP contribution in [-0.2, 0) is 0 Å². The van der Waals surface area contributed by atoms with Gasteiger partial charge < -0.3 is 10.1 Å². The smallest absolute Gasteiger partial charge is 0.186 e. The molecule has 1 rings (SSSR count). The lowest BCUT2D eigenvalue weighted by Gasteiger charge is -2.06. The minimum Gasteiger partial charge on any atom is -0.493 e. The van der Waals surface area contributed by atoms with Crippen molar-refractivity contribution >= 4 is 23.5 Å². The van der Waals surface area contributed by atoms with Gasteiger partial charge in [0.05, 0.1) is 12.8 Å². The van der Waals surface area contributed by atoms with Crippen LogP contribution in [0.1, 0.15) is 12.5 Å². The maximum absolute atomic E-state index is 5.45. The van der Waals surface area contributed by atoms with E-state index in [0.717, 1.165) is 11.3 Å². The molecule has 0 fully saturated rings. The van der Waals surface area contributed by atoms with E-state index >= 15 is 0 Å². The van der Waals surface area contributed by atoms with Crippen LogP contribution in [-0.4, -0.2) is 25.0 Å². The predicted molar refractivity (Wildman–Crippen MR) is 70.0 cm³/mol. The second kappa shape index (κ2) is 6.79. The lowest BCUT2D eigenvalue weighted by Crippen LogP contribution is -2.28. The molecule has 1 aromatic carbocycles. The Balaban J connectivity index is 2.68. The van der Waals surface area contributed by atoms with Crippen LogP contribution >= 0.6 is 12.2 Å². The molecule has 5 heteroatoms. The van der Waals surface area contributed by atoms with Gasteiger partial charge in [-0.1, -0.05) is 12.1 Å². The van der Waals surface area contributed by atoms with E-state index in [1.165, 1.54) is 0 Å². The number of rotatable bonds is 4. The monoisotopic (exact) mass is 237 g/mol. The Morgan fingerprint density at radius 1 is 1.50 bits per heavy atom. The van der Waals surface area contributed by atoms with Crippen LogP contribution in [0, 0.1) is 0 Å². The molecule has 0 radical (unpaired) electrons. The molecule has 0 heterocycles. The van der Waals surface area contributed by atoms with Crippen LogP contribution in [0.2, 0.25) is 0 Å². The van der Waals surface area contributed by atoms with Gasteiger partial charge in [-0.05, 0) is 31.3 Å². The largest absolute Gasteiger partial charge is 0.493 e. The number of thiocarbonyl (C=S) groups is 1. The third-order valence-corrected chi connectivity index (χ3v) is 2.11. The summed E-state index contributed by atoms with van der Waals surface area (Å²) in [6.07, 6.45) is 1.68. The number of benzene rings is 1. The minimum absolute atomic E-state index is 0.477. The summed E-state index contributed by atoms with van der Waals surface area (Å²) in [7, 11) is 1.74. The van der Waals surface area contributed by atoms with Crippen LogP contribution in [0.25, 0.3) is 0 Å². The van der Waals surface area contributed by atoms with E-state index in [-0.39, 0.29) is 0 Å². The zero-order valence-corrected chi connectivity index (χ0v) is 10.2. The average molecular weight is 237 g/mol. The number of ether oxygens (including phenoxy) is 1. The second-order valence-electron chi connectivity index (χ2n) is 2.92. The first-order chi connectivity index (χ1) is 7.77. The van der Waals surface area contributed by atoms with E-state index in [9.17, 15) is 0 Å². The van der Waals surface area contributed by atoms with E-state index in [1.54, 1.807) is 13.3 Å². The molecule has 16 heavy (non-hydrogen) atoms. The molecule has 0 unspecified atom stereocenters. The van der Waals surface area contributed by atoms with Crippen molar-refractivity contribution in [2.45, 2.75) is 6.92 Å². The van der Waals surface area contributed by atoms with Crippen LogP contribution < -0.4 is 15.5 Å². The van der Waals surface area contributed by atoms with E-state index in [0.29, 0.717) is 11.7 Å². The zero-order chi connectivity index (χ0) is 11.8. The summed E-state index contributed by atoms with van der Waals surface area (Å²) in [5, 5.41) is 7.24. The van der Waals surface area contributed by atoms with Crippen molar-refractivity contribution < 1.29 is 4.74 Å². The topological polar surface area (TPSA) is 45.6 Å². The Hall–Kier alpha value is -1.62. The van der Waals surface area contributed by atoms with Crippen LogP contribution in [0.5, 0.6) is 5.75 Å². The Kier molecular flexibility index (Phi) is 5.28. The molecule has 86 valence electrons. The standard InChI is InChI=1S/C11H15N3OS/c1-3-15-10-7-5-4-6-9(10)8-13-14-11(16)12-2/h4-8H,3H2,1-2H3,(H2,12,14,16). The third kappa shape index (κ3) is 3.86. The Bertz CT molecular complexity index is 379. The fraction of sp³-hybridized carbons (Fsp3) is 0.273. The summed E-state index contributed by atoms with van der Waals surface area (Å²) in [4.78, 5) is 0. The molecule has 0 atom stereocenters. The molecule has 0 saturated carbocycles. The molecule has 0 aliphatic carbocycles. The highest BCUT2D eigenvalue weighted by molar-refractivity contribution is 7.80. The van der Waals surface area contributed by atoms with Crippen molar-refractivity contribution in [1.82, 2.24) is 10.7 Å². The normalized spacial score (nSPS) is 10.1. The first kappa shape index (κ1) is 12.4. The highest BCUT2D eigenvalue weighted by Gasteiger charge is 1.98. The van der Waals surface area contributed by atoms with Crippen molar-refractivity contribution in [1.29, 1.82) is 0 Å². The average Bonchev–Trinajstić information content (AvgIpc) is 2.31. The molecule has 0 aromatic heterocycles. The van der Waals surface area contributed by atoms with Gasteiger partial charge in [0, 0.05) is 12.6 Å². The van der Waals surface area contributed by atoms with Crippen molar-refractivity contribution in [2.24, 2.45) is 5.10 Å². The highest BCUT2D eigenvalue weighted by Crippen LogP contribution is 2.15. The lowest BCUT2D eigenvalue weighted by atomic mass is 10.2. The lowest BCUT2D eigenvalue weighted by molar-refractivity contribution is 0.340. The van der Waals surface area contributed by atoms with Crippen LogP contribution in [0.4, 0.5) is 0 Å². The van der Waals surface area contributed by atoms with Gasteiger partial charge in [0.25, 0.3) is 0 Å². The first-order valence-electron chi connectivity index (χ1n) is 5.00. The molecule has 2 N–H and O–H groups in total. The predicted octanol–water partition coefficient (Wildman–Crippen LogP) is 1.51. The fourth-order valence-corrected chi connectivity index (χ4v) is 1.14. The van der Waals surface area contributed by atoms with Crippen molar-refractivity contribution in [2.75, 3.05) is 13.7 Å². The number of para-hydroxylation sites is 1. The van der Waals surface area contributed by atoms with Gasteiger partial charge in [-0.15, -0.1) is 0 Å². The van der Waals surface area contributed by atoms with Crippen molar-refractivity contribution in [3.63, 3.8) is 0 Å². The van der Waals surface area contributed by atoms with Gasteiger partial charge in [-0.25, -0.2) is 0 Å². The van der Waals surface area contributed by atoms with Crippen LogP contribution in [0.15, 0.2) is 29.4 Å². The number of hydrazone groups is 1. The quantitative estimate of drug-likeness (QED) is 0.473. The van der Waals surface area contributed by atoms with Crippen LogP contribution in [0.3, 0.4) is 0 Å². The van der Waals surface area contributed by atoms with Gasteiger partial charge in [0.2, 0.25) is 0 Å². The Morgan fingerprint density at radius 3 is 2.94 bits per heavy atom. The molecule has 4 nitrogen and oxygen atoms in total. The fourth-order valence-electron chi connectivity index (χ4n) is 1.09. The molecule has 0 amide bonds. The minimum atomic E-state index is 0.477. The number of nitrogens with zero attached hydrogens (tertiary/aromatic N) is 1. The molecule has 1 aromatic rings. The molecule has 0 bridgehead atoms. The highest BCUT2D eigenvalue weighted by atomic mass is 32.1. The van der Waals surface area contributed by atoms with Crippen molar-refractivity contribution in [3.05, 3.63) is 29.8 Å². The molecular formula is C11H15N3OS. The second-order valence-corrected chi connectivity index (χ2v) is 3.33. The summed E-state index contributed by atoms with van der Waals surface area (Å²) >= 11 is 4.89.